The van der Waals surface area contributed by atoms with Crippen LogP contribution in [0.25, 0.3) is 0 Å². The summed E-state index contributed by atoms with van der Waals surface area (Å²) in [4.78, 5) is 2.26. The molecule has 1 rings (SSSR count). The average molecular weight is 236 g/mol. The monoisotopic (exact) mass is 236 g/mol. The van der Waals surface area contributed by atoms with Crippen molar-refractivity contribution in [2.24, 2.45) is 0 Å². The Hall–Kier alpha value is -1.06. The third-order valence-corrected chi connectivity index (χ3v) is 3.06. The molecular formula is C14H24N2O. The number of para-hydroxylation sites is 1. The Morgan fingerprint density at radius 3 is 2.59 bits per heavy atom. The molecule has 0 fully saturated rings. The molecule has 0 saturated heterocycles. The van der Waals surface area contributed by atoms with Crippen molar-refractivity contribution in [3.63, 3.8) is 0 Å². The smallest absolute Gasteiger partial charge is 0.0936 e. The summed E-state index contributed by atoms with van der Waals surface area (Å²) in [5, 5.41) is 10.2. The summed E-state index contributed by atoms with van der Waals surface area (Å²) in [6, 6.07) is 7.53. The van der Waals surface area contributed by atoms with Gasteiger partial charge in [-0.2, -0.15) is 0 Å². The quantitative estimate of drug-likeness (QED) is 0.715. The maximum absolute atomic E-state index is 10.2. The average Bonchev–Trinajstić information content (AvgIpc) is 2.34. The molecule has 1 aromatic rings. The van der Waals surface area contributed by atoms with Crippen LogP contribution in [-0.4, -0.2) is 29.6 Å². The molecule has 0 radical (unpaired) electrons. The Labute approximate surface area is 104 Å². The predicted molar refractivity (Wildman–Crippen MR) is 72.8 cm³/mol. The van der Waals surface area contributed by atoms with Gasteiger partial charge in [0.1, 0.15) is 0 Å². The van der Waals surface area contributed by atoms with Crippen LogP contribution in [0.3, 0.4) is 0 Å². The molecule has 1 aromatic carbocycles. The Morgan fingerprint density at radius 2 is 2.00 bits per heavy atom. The second-order valence-electron chi connectivity index (χ2n) is 4.39. The first kappa shape index (κ1) is 14.0. The van der Waals surface area contributed by atoms with Gasteiger partial charge in [0, 0.05) is 17.8 Å². The minimum Gasteiger partial charge on any atom is -0.398 e. The van der Waals surface area contributed by atoms with Gasteiger partial charge >= 0.3 is 0 Å². The number of rotatable bonds is 7. The summed E-state index contributed by atoms with van der Waals surface area (Å²) >= 11 is 0. The Kier molecular flexibility index (Phi) is 6.01. The summed E-state index contributed by atoms with van der Waals surface area (Å²) in [7, 11) is 0. The van der Waals surface area contributed by atoms with E-state index in [-0.39, 0.29) is 0 Å². The van der Waals surface area contributed by atoms with Gasteiger partial charge in [0.05, 0.1) is 6.10 Å². The van der Waals surface area contributed by atoms with Crippen LogP contribution >= 0.6 is 0 Å². The molecule has 0 amide bonds. The van der Waals surface area contributed by atoms with E-state index in [4.69, 9.17) is 5.73 Å². The van der Waals surface area contributed by atoms with Gasteiger partial charge in [-0.25, -0.2) is 0 Å². The SMILES string of the molecule is CCCCN(CC)CC(O)c1ccccc1N. The number of hydrogen-bond acceptors (Lipinski definition) is 3. The van der Waals surface area contributed by atoms with E-state index in [1.807, 2.05) is 24.3 Å². The van der Waals surface area contributed by atoms with Crippen molar-refractivity contribution in [3.05, 3.63) is 29.8 Å². The molecule has 0 bridgehead atoms. The van der Waals surface area contributed by atoms with Crippen molar-refractivity contribution in [1.29, 1.82) is 0 Å². The van der Waals surface area contributed by atoms with E-state index in [0.717, 1.165) is 18.7 Å². The Balaban J connectivity index is 2.58. The van der Waals surface area contributed by atoms with Crippen LogP contribution in [0.1, 0.15) is 38.4 Å². The fraction of sp³-hybridized carbons (Fsp3) is 0.571. The van der Waals surface area contributed by atoms with E-state index in [9.17, 15) is 5.11 Å². The first-order chi connectivity index (χ1) is 8.19. The highest BCUT2D eigenvalue weighted by Gasteiger charge is 2.13. The number of nitrogens with two attached hydrogens (primary N) is 1. The van der Waals surface area contributed by atoms with E-state index in [1.165, 1.54) is 12.8 Å². The molecule has 96 valence electrons. The maximum Gasteiger partial charge on any atom is 0.0936 e. The van der Waals surface area contributed by atoms with Crippen molar-refractivity contribution in [1.82, 2.24) is 4.90 Å². The molecule has 0 aliphatic carbocycles. The number of anilines is 1. The minimum atomic E-state index is -0.493. The van der Waals surface area contributed by atoms with Crippen molar-refractivity contribution >= 4 is 5.69 Å². The summed E-state index contributed by atoms with van der Waals surface area (Å²) in [5.41, 5.74) is 7.37. The van der Waals surface area contributed by atoms with E-state index >= 15 is 0 Å². The van der Waals surface area contributed by atoms with Crippen LogP contribution in [0.4, 0.5) is 5.69 Å². The van der Waals surface area contributed by atoms with Gasteiger partial charge in [-0.3, -0.25) is 0 Å². The van der Waals surface area contributed by atoms with E-state index in [0.29, 0.717) is 12.2 Å². The lowest BCUT2D eigenvalue weighted by Gasteiger charge is -2.24. The second kappa shape index (κ2) is 7.30. The Bertz CT molecular complexity index is 328. The molecular weight excluding hydrogens is 212 g/mol. The zero-order valence-corrected chi connectivity index (χ0v) is 10.9. The first-order valence-corrected chi connectivity index (χ1v) is 6.43. The van der Waals surface area contributed by atoms with Crippen LogP contribution in [0.2, 0.25) is 0 Å². The van der Waals surface area contributed by atoms with E-state index in [1.54, 1.807) is 0 Å². The van der Waals surface area contributed by atoms with Crippen molar-refractivity contribution in [3.8, 4) is 0 Å². The van der Waals surface area contributed by atoms with Gasteiger partial charge in [0.25, 0.3) is 0 Å². The lowest BCUT2D eigenvalue weighted by molar-refractivity contribution is 0.115. The van der Waals surface area contributed by atoms with Crippen LogP contribution in [-0.2, 0) is 0 Å². The number of likely N-dealkylation sites (N-methyl/N-ethyl adjacent to an activating group) is 1. The predicted octanol–water partition coefficient (Wildman–Crippen LogP) is 2.42. The highest BCUT2D eigenvalue weighted by atomic mass is 16.3. The molecule has 3 heteroatoms. The van der Waals surface area contributed by atoms with Gasteiger partial charge in [0.15, 0.2) is 0 Å². The third kappa shape index (κ3) is 4.36. The number of nitrogens with zero attached hydrogens (tertiary/aromatic N) is 1. The van der Waals surface area contributed by atoms with Gasteiger partial charge in [0.2, 0.25) is 0 Å². The molecule has 0 aromatic heterocycles. The first-order valence-electron chi connectivity index (χ1n) is 6.43. The largest absolute Gasteiger partial charge is 0.398 e. The highest BCUT2D eigenvalue weighted by Crippen LogP contribution is 2.20. The number of aliphatic hydroxyl groups is 1. The summed E-state index contributed by atoms with van der Waals surface area (Å²) in [5.74, 6) is 0. The van der Waals surface area contributed by atoms with Crippen LogP contribution in [0, 0.1) is 0 Å². The standard InChI is InChI=1S/C14H24N2O/c1-3-5-10-16(4-2)11-14(17)12-8-6-7-9-13(12)15/h6-9,14,17H,3-5,10-11,15H2,1-2H3. The molecule has 0 spiro atoms. The molecule has 0 aliphatic heterocycles. The fourth-order valence-corrected chi connectivity index (χ4v) is 1.92. The second-order valence-corrected chi connectivity index (χ2v) is 4.39. The minimum absolute atomic E-state index is 0.493. The lowest BCUT2D eigenvalue weighted by Crippen LogP contribution is -2.29. The lowest BCUT2D eigenvalue weighted by atomic mass is 10.1. The van der Waals surface area contributed by atoms with Crippen molar-refractivity contribution in [2.75, 3.05) is 25.4 Å². The van der Waals surface area contributed by atoms with Gasteiger partial charge < -0.3 is 15.7 Å². The zero-order chi connectivity index (χ0) is 12.7. The van der Waals surface area contributed by atoms with Gasteiger partial charge in [-0.15, -0.1) is 0 Å². The number of aliphatic hydroxyl groups excluding tert-OH is 1. The Morgan fingerprint density at radius 1 is 1.29 bits per heavy atom. The van der Waals surface area contributed by atoms with Crippen LogP contribution < -0.4 is 5.73 Å². The van der Waals surface area contributed by atoms with Crippen molar-refractivity contribution < 1.29 is 5.11 Å². The topological polar surface area (TPSA) is 49.5 Å². The van der Waals surface area contributed by atoms with E-state index in [2.05, 4.69) is 18.7 Å². The normalized spacial score (nSPS) is 12.9. The molecule has 0 saturated carbocycles. The summed E-state index contributed by atoms with van der Waals surface area (Å²) in [6.07, 6.45) is 1.86. The molecule has 0 heterocycles. The summed E-state index contributed by atoms with van der Waals surface area (Å²) < 4.78 is 0. The molecule has 3 nitrogen and oxygen atoms in total. The molecule has 0 aliphatic rings. The number of hydrogen-bond donors (Lipinski definition) is 2. The zero-order valence-electron chi connectivity index (χ0n) is 10.9. The molecule has 3 N–H and O–H groups in total. The molecule has 1 unspecified atom stereocenters. The van der Waals surface area contributed by atoms with Crippen LogP contribution in [0.15, 0.2) is 24.3 Å². The van der Waals surface area contributed by atoms with E-state index < -0.39 is 6.10 Å². The molecule has 17 heavy (non-hydrogen) atoms. The summed E-state index contributed by atoms with van der Waals surface area (Å²) in [6.45, 7) is 6.96. The van der Waals surface area contributed by atoms with Crippen LogP contribution in [0.5, 0.6) is 0 Å². The number of benzene rings is 1. The van der Waals surface area contributed by atoms with Crippen molar-refractivity contribution in [2.45, 2.75) is 32.8 Å². The van der Waals surface area contributed by atoms with Gasteiger partial charge in [-0.1, -0.05) is 38.5 Å². The van der Waals surface area contributed by atoms with Gasteiger partial charge in [-0.05, 0) is 25.6 Å². The third-order valence-electron chi connectivity index (χ3n) is 3.06. The highest BCUT2D eigenvalue weighted by molar-refractivity contribution is 5.47. The number of nitrogen functional groups attached to an aromatic ring is 1. The fourth-order valence-electron chi connectivity index (χ4n) is 1.92. The molecule has 1 atom stereocenters. The maximum atomic E-state index is 10.2. The number of unbranched alkanes of at least 4 members (excludes halogenated alkanes) is 1.